The second kappa shape index (κ2) is 2.58. The van der Waals surface area contributed by atoms with Gasteiger partial charge in [-0.15, -0.1) is 0 Å². The fraction of sp³-hybridized carbons (Fsp3) is 0.444. The van der Waals surface area contributed by atoms with Gasteiger partial charge in [0.1, 0.15) is 0 Å². The zero-order valence-corrected chi connectivity index (χ0v) is 7.22. The van der Waals surface area contributed by atoms with E-state index in [1.807, 2.05) is 6.92 Å². The molecule has 0 aromatic carbocycles. The fourth-order valence-corrected chi connectivity index (χ4v) is 1.87. The van der Waals surface area contributed by atoms with E-state index in [1.165, 1.54) is 0 Å². The van der Waals surface area contributed by atoms with Crippen molar-refractivity contribution in [1.82, 2.24) is 4.98 Å². The minimum absolute atomic E-state index is 0.295. The highest BCUT2D eigenvalue weighted by Gasteiger charge is 2.28. The predicted molar refractivity (Wildman–Crippen MR) is 44.3 cm³/mol. The van der Waals surface area contributed by atoms with Crippen molar-refractivity contribution in [2.75, 3.05) is 0 Å². The summed E-state index contributed by atoms with van der Waals surface area (Å²) in [4.78, 5) is 13.2. The summed E-state index contributed by atoms with van der Waals surface area (Å²) < 4.78 is 13.3. The molecule has 3 nitrogen and oxygen atoms in total. The molecule has 0 radical (unpaired) electrons. The molecule has 0 unspecified atom stereocenters. The molecule has 1 aliphatic carbocycles. The molecule has 1 atom stereocenters. The molecule has 0 bridgehead atoms. The number of hydrogen-bond donors (Lipinski definition) is 2. The van der Waals surface area contributed by atoms with E-state index in [-0.39, 0.29) is 5.69 Å². The van der Waals surface area contributed by atoms with Gasteiger partial charge in [0.25, 0.3) is 0 Å². The number of carboxylic acids is 1. The Hall–Kier alpha value is -1.32. The van der Waals surface area contributed by atoms with Crippen LogP contribution in [0.15, 0.2) is 0 Å². The lowest BCUT2D eigenvalue weighted by atomic mass is 10.1. The number of hydrogen-bond acceptors (Lipinski definition) is 1. The Morgan fingerprint density at radius 1 is 1.62 bits per heavy atom. The highest BCUT2D eigenvalue weighted by Crippen LogP contribution is 2.29. The Kier molecular flexibility index (Phi) is 1.65. The molecule has 0 amide bonds. The summed E-state index contributed by atoms with van der Waals surface area (Å²) >= 11 is 0. The van der Waals surface area contributed by atoms with Crippen LogP contribution in [0.25, 0.3) is 0 Å². The summed E-state index contributed by atoms with van der Waals surface area (Å²) in [5.74, 6) is -1.38. The third-order valence-electron chi connectivity index (χ3n) is 2.44. The lowest BCUT2D eigenvalue weighted by Gasteiger charge is -1.98. The molecule has 2 rings (SSSR count). The first-order valence-corrected chi connectivity index (χ1v) is 4.22. The van der Waals surface area contributed by atoms with Gasteiger partial charge >= 0.3 is 5.97 Å². The second-order valence-corrected chi connectivity index (χ2v) is 3.59. The van der Waals surface area contributed by atoms with Crippen LogP contribution < -0.4 is 0 Å². The molecular weight excluding hydrogens is 173 g/mol. The zero-order chi connectivity index (χ0) is 9.59. The Balaban J connectivity index is 2.47. The highest BCUT2D eigenvalue weighted by atomic mass is 19.1. The molecule has 0 saturated carbocycles. The van der Waals surface area contributed by atoms with Crippen LogP contribution in [0.3, 0.4) is 0 Å². The number of carbonyl (C=O) groups is 1. The van der Waals surface area contributed by atoms with Crippen LogP contribution in [-0.4, -0.2) is 16.1 Å². The average molecular weight is 183 g/mol. The maximum atomic E-state index is 13.3. The fourth-order valence-electron chi connectivity index (χ4n) is 1.87. The maximum Gasteiger partial charge on any atom is 0.355 e. The maximum absolute atomic E-state index is 13.3. The summed E-state index contributed by atoms with van der Waals surface area (Å²) in [6, 6.07) is 0. The van der Waals surface area contributed by atoms with E-state index in [4.69, 9.17) is 5.11 Å². The van der Waals surface area contributed by atoms with E-state index in [0.717, 1.165) is 12.1 Å². The summed E-state index contributed by atoms with van der Waals surface area (Å²) in [6.07, 6.45) is 1.39. The number of rotatable bonds is 1. The van der Waals surface area contributed by atoms with Gasteiger partial charge in [0.2, 0.25) is 0 Å². The highest BCUT2D eigenvalue weighted by molar-refractivity contribution is 5.86. The van der Waals surface area contributed by atoms with Crippen LogP contribution in [-0.2, 0) is 12.8 Å². The number of aromatic amines is 1. The molecule has 0 aliphatic heterocycles. The monoisotopic (exact) mass is 183 g/mol. The van der Waals surface area contributed by atoms with Crippen LogP contribution in [0.4, 0.5) is 4.39 Å². The van der Waals surface area contributed by atoms with Gasteiger partial charge in [0.05, 0.1) is 0 Å². The number of halogens is 1. The van der Waals surface area contributed by atoms with Gasteiger partial charge in [-0.2, -0.15) is 0 Å². The van der Waals surface area contributed by atoms with Gasteiger partial charge in [-0.1, -0.05) is 6.92 Å². The van der Waals surface area contributed by atoms with Crippen molar-refractivity contribution in [1.29, 1.82) is 0 Å². The van der Waals surface area contributed by atoms with E-state index >= 15 is 0 Å². The summed E-state index contributed by atoms with van der Waals surface area (Å²) in [5, 5.41) is 8.62. The van der Waals surface area contributed by atoms with E-state index < -0.39 is 11.8 Å². The number of H-pyrrole nitrogens is 1. The predicted octanol–water partition coefficient (Wildman–Crippen LogP) is 1.59. The molecule has 1 aromatic rings. The van der Waals surface area contributed by atoms with E-state index in [9.17, 15) is 9.18 Å². The largest absolute Gasteiger partial charge is 0.476 e. The van der Waals surface area contributed by atoms with Gasteiger partial charge in [0, 0.05) is 11.3 Å². The van der Waals surface area contributed by atoms with E-state index in [1.54, 1.807) is 0 Å². The molecule has 0 saturated heterocycles. The summed E-state index contributed by atoms with van der Waals surface area (Å²) in [5.41, 5.74) is 1.02. The van der Waals surface area contributed by atoms with Gasteiger partial charge in [-0.25, -0.2) is 9.18 Å². The Morgan fingerprint density at radius 3 is 2.85 bits per heavy atom. The number of nitrogens with one attached hydrogen (secondary N) is 1. The third kappa shape index (κ3) is 1.13. The van der Waals surface area contributed by atoms with Crippen molar-refractivity contribution < 1.29 is 14.3 Å². The van der Waals surface area contributed by atoms with Crippen molar-refractivity contribution in [2.24, 2.45) is 5.92 Å². The van der Waals surface area contributed by atoms with Crippen LogP contribution in [0.1, 0.15) is 28.7 Å². The second-order valence-electron chi connectivity index (χ2n) is 3.59. The van der Waals surface area contributed by atoms with Crippen molar-refractivity contribution >= 4 is 5.97 Å². The van der Waals surface area contributed by atoms with Crippen LogP contribution in [0.2, 0.25) is 0 Å². The van der Waals surface area contributed by atoms with Crippen molar-refractivity contribution in [3.05, 3.63) is 22.8 Å². The van der Waals surface area contributed by atoms with E-state index in [0.29, 0.717) is 17.9 Å². The molecule has 2 N–H and O–H groups in total. The summed E-state index contributed by atoms with van der Waals surface area (Å²) in [7, 11) is 0. The van der Waals surface area contributed by atoms with Gasteiger partial charge in [0.15, 0.2) is 11.5 Å². The minimum Gasteiger partial charge on any atom is -0.476 e. The minimum atomic E-state index is -1.22. The number of aromatic nitrogens is 1. The molecule has 4 heteroatoms. The number of carboxylic acid groups (broad SMARTS) is 1. The quantitative estimate of drug-likeness (QED) is 0.694. The van der Waals surface area contributed by atoms with Crippen molar-refractivity contribution in [2.45, 2.75) is 19.8 Å². The van der Waals surface area contributed by atoms with E-state index in [2.05, 4.69) is 4.98 Å². The van der Waals surface area contributed by atoms with Crippen molar-refractivity contribution in [3.63, 3.8) is 0 Å². The number of aromatic carboxylic acids is 1. The smallest absolute Gasteiger partial charge is 0.355 e. The summed E-state index contributed by atoms with van der Waals surface area (Å²) in [6.45, 7) is 2.02. The van der Waals surface area contributed by atoms with Crippen LogP contribution in [0.5, 0.6) is 0 Å². The Morgan fingerprint density at radius 2 is 2.31 bits per heavy atom. The first-order chi connectivity index (χ1) is 6.09. The van der Waals surface area contributed by atoms with Gasteiger partial charge in [-0.05, 0) is 18.8 Å². The Bertz CT molecular complexity index is 370. The van der Waals surface area contributed by atoms with Crippen LogP contribution >= 0.6 is 0 Å². The average Bonchev–Trinajstić information content (AvgIpc) is 2.51. The number of fused-ring (bicyclic) bond motifs is 1. The van der Waals surface area contributed by atoms with Gasteiger partial charge < -0.3 is 10.1 Å². The lowest BCUT2D eigenvalue weighted by Crippen LogP contribution is -2.02. The molecular formula is C9H10FNO2. The van der Waals surface area contributed by atoms with Gasteiger partial charge in [-0.3, -0.25) is 0 Å². The first-order valence-electron chi connectivity index (χ1n) is 4.22. The van der Waals surface area contributed by atoms with Crippen molar-refractivity contribution in [3.8, 4) is 0 Å². The Labute approximate surface area is 74.6 Å². The molecule has 1 heterocycles. The molecule has 70 valence electrons. The third-order valence-corrected chi connectivity index (χ3v) is 2.44. The molecule has 0 spiro atoms. The lowest BCUT2D eigenvalue weighted by molar-refractivity contribution is 0.0685. The first kappa shape index (κ1) is 8.29. The zero-order valence-electron chi connectivity index (χ0n) is 7.22. The van der Waals surface area contributed by atoms with Crippen LogP contribution in [0, 0.1) is 11.7 Å². The molecule has 1 aliphatic rings. The molecule has 13 heavy (non-hydrogen) atoms. The topological polar surface area (TPSA) is 53.1 Å². The standard InChI is InChI=1S/C9H10FNO2/c1-4-2-5-6(3-4)11-8(7(5)10)9(12)13/h4,11H,2-3H2,1H3,(H,12,13)/t4-/m1/s1. The molecule has 0 fully saturated rings. The SMILES string of the molecule is C[C@H]1Cc2[nH]c(C(=O)O)c(F)c2C1. The normalized spacial score (nSPS) is 20.3. The molecule has 1 aromatic heterocycles.